The fourth-order valence-electron chi connectivity index (χ4n) is 3.84. The smallest absolute Gasteiger partial charge is 0.257 e. The number of carbonyl (C=O) groups excluding carboxylic acids is 2. The molecule has 3 aromatic rings. The SMILES string of the molecule is O=C1CC[C@@]2(C(=O)NCc3ccc(-c4ccn[nH]4)cc3)Sc3ccccc3N12. The molecule has 0 radical (unpaired) electrons. The number of amides is 2. The first-order chi connectivity index (χ1) is 13.7. The van der Waals surface area contributed by atoms with E-state index in [1.807, 2.05) is 54.6 Å². The summed E-state index contributed by atoms with van der Waals surface area (Å²) in [6, 6.07) is 17.6. The van der Waals surface area contributed by atoms with E-state index in [0.717, 1.165) is 27.4 Å². The van der Waals surface area contributed by atoms with Gasteiger partial charge in [0.05, 0.1) is 11.4 Å². The van der Waals surface area contributed by atoms with Crippen LogP contribution in [0.5, 0.6) is 0 Å². The molecule has 0 bridgehead atoms. The van der Waals surface area contributed by atoms with E-state index in [1.54, 1.807) is 11.1 Å². The van der Waals surface area contributed by atoms with Crippen LogP contribution in [0.4, 0.5) is 5.69 Å². The molecule has 3 heterocycles. The molecule has 2 amide bonds. The molecule has 7 heteroatoms. The Kier molecular flexibility index (Phi) is 3.98. The van der Waals surface area contributed by atoms with Gasteiger partial charge in [-0.25, -0.2) is 0 Å². The lowest BCUT2D eigenvalue weighted by Gasteiger charge is -2.29. The number of anilines is 1. The Morgan fingerprint density at radius 1 is 1.18 bits per heavy atom. The Balaban J connectivity index is 1.33. The summed E-state index contributed by atoms with van der Waals surface area (Å²) in [6.07, 6.45) is 2.64. The highest BCUT2D eigenvalue weighted by atomic mass is 32.2. The minimum absolute atomic E-state index is 0.0107. The van der Waals surface area contributed by atoms with Crippen LogP contribution >= 0.6 is 11.8 Å². The number of carbonyl (C=O) groups is 2. The van der Waals surface area contributed by atoms with Crippen LogP contribution in [0.2, 0.25) is 0 Å². The van der Waals surface area contributed by atoms with Crippen LogP contribution in [0, 0.1) is 0 Å². The zero-order valence-electron chi connectivity index (χ0n) is 15.0. The molecule has 5 rings (SSSR count). The average molecular weight is 390 g/mol. The molecule has 2 N–H and O–H groups in total. The number of fused-ring (bicyclic) bond motifs is 3. The van der Waals surface area contributed by atoms with Gasteiger partial charge >= 0.3 is 0 Å². The van der Waals surface area contributed by atoms with E-state index >= 15 is 0 Å². The first kappa shape index (κ1) is 17.1. The Morgan fingerprint density at radius 2 is 2.00 bits per heavy atom. The number of para-hydroxylation sites is 1. The van der Waals surface area contributed by atoms with Crippen molar-refractivity contribution >= 4 is 29.3 Å². The Labute approximate surface area is 166 Å². The van der Waals surface area contributed by atoms with Crippen molar-refractivity contribution in [3.63, 3.8) is 0 Å². The van der Waals surface area contributed by atoms with Gasteiger partial charge in [-0.3, -0.25) is 19.6 Å². The topological polar surface area (TPSA) is 78.1 Å². The number of thioether (sulfide) groups is 1. The van der Waals surface area contributed by atoms with Gasteiger partial charge < -0.3 is 5.32 Å². The number of hydrogen-bond donors (Lipinski definition) is 2. The second-order valence-electron chi connectivity index (χ2n) is 6.93. The standard InChI is InChI=1S/C21H18N4O2S/c26-19-9-11-21(25(19)17-3-1-2-4-18(17)28-21)20(27)22-13-14-5-7-15(8-6-14)16-10-12-23-24-16/h1-8,10,12H,9,11,13H2,(H,22,27)(H,23,24)/t21-/m0/s1. The molecule has 28 heavy (non-hydrogen) atoms. The molecule has 2 aliphatic heterocycles. The van der Waals surface area contributed by atoms with Crippen molar-refractivity contribution in [2.24, 2.45) is 0 Å². The normalized spacial score (nSPS) is 20.1. The van der Waals surface area contributed by atoms with Gasteiger partial charge in [-0.05, 0) is 35.7 Å². The fraction of sp³-hybridized carbons (Fsp3) is 0.190. The predicted octanol–water partition coefficient (Wildman–Crippen LogP) is 3.32. The van der Waals surface area contributed by atoms with E-state index in [4.69, 9.17) is 0 Å². The van der Waals surface area contributed by atoms with Crippen LogP contribution in [0.15, 0.2) is 65.7 Å². The van der Waals surface area contributed by atoms with E-state index in [1.165, 1.54) is 11.8 Å². The molecular formula is C21H18N4O2S. The zero-order chi connectivity index (χ0) is 19.1. The second-order valence-corrected chi connectivity index (χ2v) is 8.25. The Hall–Kier alpha value is -3.06. The van der Waals surface area contributed by atoms with Crippen LogP contribution in [0.3, 0.4) is 0 Å². The summed E-state index contributed by atoms with van der Waals surface area (Å²) in [4.78, 5) is 27.4. The van der Waals surface area contributed by atoms with Gasteiger partial charge in [-0.2, -0.15) is 5.10 Å². The van der Waals surface area contributed by atoms with E-state index in [0.29, 0.717) is 19.4 Å². The highest BCUT2D eigenvalue weighted by Crippen LogP contribution is 2.55. The van der Waals surface area contributed by atoms with Gasteiger partial charge in [0.25, 0.3) is 5.91 Å². The van der Waals surface area contributed by atoms with Gasteiger partial charge in [0, 0.05) is 24.1 Å². The first-order valence-corrected chi connectivity index (χ1v) is 9.97. The number of hydrogen-bond acceptors (Lipinski definition) is 4. The third-order valence-electron chi connectivity index (χ3n) is 5.25. The van der Waals surface area contributed by atoms with Crippen molar-refractivity contribution in [1.82, 2.24) is 15.5 Å². The number of nitrogens with one attached hydrogen (secondary N) is 2. The summed E-state index contributed by atoms with van der Waals surface area (Å²) in [5.41, 5.74) is 3.84. The number of aromatic nitrogens is 2. The van der Waals surface area contributed by atoms with Crippen LogP contribution in [0.25, 0.3) is 11.3 Å². The number of aromatic amines is 1. The summed E-state index contributed by atoms with van der Waals surface area (Å²) < 4.78 is 0. The van der Waals surface area contributed by atoms with Crippen molar-refractivity contribution in [3.05, 3.63) is 66.4 Å². The molecule has 1 fully saturated rings. The quantitative estimate of drug-likeness (QED) is 0.716. The molecule has 2 aromatic carbocycles. The van der Waals surface area contributed by atoms with Crippen molar-refractivity contribution in [2.75, 3.05) is 4.90 Å². The molecule has 1 atom stereocenters. The summed E-state index contributed by atoms with van der Waals surface area (Å²) in [6.45, 7) is 0.419. The lowest BCUT2D eigenvalue weighted by Crippen LogP contribution is -2.52. The fourth-order valence-corrected chi connectivity index (χ4v) is 5.27. The number of rotatable bonds is 4. The lowest BCUT2D eigenvalue weighted by molar-refractivity contribution is -0.124. The summed E-state index contributed by atoms with van der Waals surface area (Å²) >= 11 is 1.48. The van der Waals surface area contributed by atoms with Crippen LogP contribution in [-0.4, -0.2) is 26.9 Å². The van der Waals surface area contributed by atoms with Crippen molar-refractivity contribution in [2.45, 2.75) is 29.2 Å². The Morgan fingerprint density at radius 3 is 2.79 bits per heavy atom. The third-order valence-corrected chi connectivity index (χ3v) is 6.72. The van der Waals surface area contributed by atoms with Gasteiger partial charge in [-0.1, -0.05) is 48.2 Å². The highest BCUT2D eigenvalue weighted by molar-refractivity contribution is 8.02. The summed E-state index contributed by atoms with van der Waals surface area (Å²) in [5, 5.41) is 9.94. The minimum Gasteiger partial charge on any atom is -0.349 e. The molecule has 1 aromatic heterocycles. The minimum atomic E-state index is -0.864. The summed E-state index contributed by atoms with van der Waals surface area (Å²) in [5.74, 6) is -0.103. The van der Waals surface area contributed by atoms with Gasteiger partial charge in [0.1, 0.15) is 0 Å². The second kappa shape index (κ2) is 6.53. The number of H-pyrrole nitrogens is 1. The van der Waals surface area contributed by atoms with E-state index in [-0.39, 0.29) is 11.8 Å². The van der Waals surface area contributed by atoms with Gasteiger partial charge in [0.15, 0.2) is 4.87 Å². The zero-order valence-corrected chi connectivity index (χ0v) is 15.8. The maximum Gasteiger partial charge on any atom is 0.257 e. The first-order valence-electron chi connectivity index (χ1n) is 9.15. The van der Waals surface area contributed by atoms with Crippen LogP contribution < -0.4 is 10.2 Å². The molecular weight excluding hydrogens is 372 g/mol. The highest BCUT2D eigenvalue weighted by Gasteiger charge is 2.57. The van der Waals surface area contributed by atoms with Gasteiger partial charge in [-0.15, -0.1) is 0 Å². The van der Waals surface area contributed by atoms with Crippen molar-refractivity contribution in [1.29, 1.82) is 0 Å². The molecule has 140 valence electrons. The number of nitrogens with zero attached hydrogens (tertiary/aromatic N) is 2. The Bertz CT molecular complexity index is 1050. The largest absolute Gasteiger partial charge is 0.349 e. The molecule has 0 aliphatic carbocycles. The molecule has 0 unspecified atom stereocenters. The molecule has 6 nitrogen and oxygen atoms in total. The van der Waals surface area contributed by atoms with Crippen molar-refractivity contribution < 1.29 is 9.59 Å². The average Bonchev–Trinajstić information content (AvgIpc) is 3.43. The predicted molar refractivity (Wildman–Crippen MR) is 108 cm³/mol. The maximum absolute atomic E-state index is 13.2. The van der Waals surface area contributed by atoms with Gasteiger partial charge in [0.2, 0.25) is 5.91 Å². The van der Waals surface area contributed by atoms with E-state index in [9.17, 15) is 9.59 Å². The number of benzene rings is 2. The van der Waals surface area contributed by atoms with Crippen LogP contribution in [0.1, 0.15) is 18.4 Å². The van der Waals surface area contributed by atoms with E-state index < -0.39 is 4.87 Å². The lowest BCUT2D eigenvalue weighted by atomic mass is 10.1. The molecule has 0 saturated carbocycles. The van der Waals surface area contributed by atoms with Crippen LogP contribution in [-0.2, 0) is 16.1 Å². The molecule has 0 spiro atoms. The third kappa shape index (κ3) is 2.62. The monoisotopic (exact) mass is 390 g/mol. The molecule has 2 aliphatic rings. The van der Waals surface area contributed by atoms with E-state index in [2.05, 4.69) is 15.5 Å². The summed E-state index contributed by atoms with van der Waals surface area (Å²) in [7, 11) is 0. The van der Waals surface area contributed by atoms with Crippen molar-refractivity contribution in [3.8, 4) is 11.3 Å². The molecule has 1 saturated heterocycles. The maximum atomic E-state index is 13.2.